The standard InChI is InChI=1S/C32H19NO3/c34-31-25-14-6-15-26-29(25)30-27(16-7-17-28(30)36-32(26)35)33(31)24-13-5-12-23(19-24)22-11-4-10-21(18-22)20-8-2-1-3-9-20/h1-19H. The molecule has 0 spiro atoms. The first kappa shape index (κ1) is 20.4. The zero-order valence-electron chi connectivity index (χ0n) is 19.1. The second-order valence-corrected chi connectivity index (χ2v) is 8.91. The van der Waals surface area contributed by atoms with Crippen LogP contribution in [0.25, 0.3) is 60.6 Å². The van der Waals surface area contributed by atoms with Crippen molar-refractivity contribution in [2.24, 2.45) is 0 Å². The van der Waals surface area contributed by atoms with Crippen molar-refractivity contribution in [2.75, 3.05) is 0 Å². The van der Waals surface area contributed by atoms with Crippen molar-refractivity contribution in [3.63, 3.8) is 0 Å². The average Bonchev–Trinajstić information content (AvgIpc) is 2.93. The molecule has 2 aromatic heterocycles. The fourth-order valence-corrected chi connectivity index (χ4v) is 5.19. The van der Waals surface area contributed by atoms with Crippen LogP contribution in [0, 0.1) is 0 Å². The molecule has 7 rings (SSSR count). The molecule has 5 aromatic carbocycles. The largest absolute Gasteiger partial charge is 0.422 e. The summed E-state index contributed by atoms with van der Waals surface area (Å²) < 4.78 is 7.34. The molecule has 2 heterocycles. The molecular weight excluding hydrogens is 446 g/mol. The van der Waals surface area contributed by atoms with Crippen LogP contribution >= 0.6 is 0 Å². The first-order valence-corrected chi connectivity index (χ1v) is 11.8. The van der Waals surface area contributed by atoms with Crippen molar-refractivity contribution in [2.45, 2.75) is 0 Å². The number of pyridine rings is 1. The first-order valence-electron chi connectivity index (χ1n) is 11.8. The van der Waals surface area contributed by atoms with Gasteiger partial charge in [0.15, 0.2) is 0 Å². The van der Waals surface area contributed by atoms with Gasteiger partial charge in [0, 0.05) is 16.5 Å². The van der Waals surface area contributed by atoms with Gasteiger partial charge in [-0.2, -0.15) is 0 Å². The molecule has 170 valence electrons. The van der Waals surface area contributed by atoms with Crippen LogP contribution in [0.15, 0.2) is 129 Å². The maximum Gasteiger partial charge on any atom is 0.344 e. The van der Waals surface area contributed by atoms with E-state index < -0.39 is 5.63 Å². The molecule has 0 unspecified atom stereocenters. The van der Waals surface area contributed by atoms with E-state index in [-0.39, 0.29) is 5.56 Å². The van der Waals surface area contributed by atoms with E-state index in [4.69, 9.17) is 4.42 Å². The molecule has 0 saturated carbocycles. The molecule has 0 amide bonds. The molecule has 0 bridgehead atoms. The monoisotopic (exact) mass is 465 g/mol. The highest BCUT2D eigenvalue weighted by molar-refractivity contribution is 6.20. The number of rotatable bonds is 3. The smallest absolute Gasteiger partial charge is 0.344 e. The third-order valence-electron chi connectivity index (χ3n) is 6.82. The topological polar surface area (TPSA) is 52.2 Å². The number of benzene rings is 5. The molecule has 0 aliphatic carbocycles. The predicted molar refractivity (Wildman–Crippen MR) is 145 cm³/mol. The molecule has 0 radical (unpaired) electrons. The summed E-state index contributed by atoms with van der Waals surface area (Å²) in [6.07, 6.45) is 0. The van der Waals surface area contributed by atoms with Crippen LogP contribution in [0.1, 0.15) is 0 Å². The summed E-state index contributed by atoms with van der Waals surface area (Å²) in [5.41, 5.74) is 5.70. The van der Waals surface area contributed by atoms with E-state index in [9.17, 15) is 9.59 Å². The van der Waals surface area contributed by atoms with Crippen LogP contribution in [0.3, 0.4) is 0 Å². The Morgan fingerprint density at radius 3 is 2.00 bits per heavy atom. The van der Waals surface area contributed by atoms with Gasteiger partial charge in [0.1, 0.15) is 5.58 Å². The van der Waals surface area contributed by atoms with Crippen molar-refractivity contribution >= 4 is 32.6 Å². The fourth-order valence-electron chi connectivity index (χ4n) is 5.19. The summed E-state index contributed by atoms with van der Waals surface area (Å²) in [6.45, 7) is 0. The van der Waals surface area contributed by atoms with Gasteiger partial charge < -0.3 is 4.42 Å². The van der Waals surface area contributed by atoms with Crippen LogP contribution in [-0.4, -0.2) is 4.57 Å². The van der Waals surface area contributed by atoms with Gasteiger partial charge in [0.25, 0.3) is 5.56 Å². The van der Waals surface area contributed by atoms with Crippen LogP contribution in [0.5, 0.6) is 0 Å². The minimum absolute atomic E-state index is 0.165. The van der Waals surface area contributed by atoms with Crippen LogP contribution in [-0.2, 0) is 0 Å². The van der Waals surface area contributed by atoms with Crippen molar-refractivity contribution in [1.29, 1.82) is 0 Å². The molecule has 0 N–H and O–H groups in total. The van der Waals surface area contributed by atoms with E-state index in [0.29, 0.717) is 27.3 Å². The van der Waals surface area contributed by atoms with E-state index in [1.165, 1.54) is 0 Å². The minimum atomic E-state index is -0.432. The molecule has 0 aliphatic heterocycles. The zero-order valence-corrected chi connectivity index (χ0v) is 19.1. The molecular formula is C32H19NO3. The maximum atomic E-state index is 13.8. The molecule has 0 fully saturated rings. The van der Waals surface area contributed by atoms with Crippen LogP contribution in [0.2, 0.25) is 0 Å². The summed E-state index contributed by atoms with van der Waals surface area (Å²) in [4.78, 5) is 26.4. The maximum absolute atomic E-state index is 13.8. The SMILES string of the molecule is O=c1oc2cccc3c2c2c1cccc2c(=O)n3-c1cccc(-c2cccc(-c3ccccc3)c2)c1. The Kier molecular flexibility index (Phi) is 4.42. The van der Waals surface area contributed by atoms with Crippen molar-refractivity contribution in [3.05, 3.63) is 136 Å². The lowest BCUT2D eigenvalue weighted by molar-refractivity contribution is 0.570. The minimum Gasteiger partial charge on any atom is -0.422 e. The molecule has 0 saturated heterocycles. The predicted octanol–water partition coefficient (Wildman–Crippen LogP) is 7.02. The number of hydrogen-bond donors (Lipinski definition) is 0. The Balaban J connectivity index is 1.48. The van der Waals surface area contributed by atoms with Gasteiger partial charge >= 0.3 is 5.63 Å². The zero-order chi connectivity index (χ0) is 24.2. The normalized spacial score (nSPS) is 11.6. The van der Waals surface area contributed by atoms with E-state index in [2.05, 4.69) is 42.5 Å². The highest BCUT2D eigenvalue weighted by atomic mass is 16.4. The quantitative estimate of drug-likeness (QED) is 0.208. The lowest BCUT2D eigenvalue weighted by Crippen LogP contribution is -2.20. The van der Waals surface area contributed by atoms with Crippen molar-refractivity contribution in [1.82, 2.24) is 4.57 Å². The third-order valence-corrected chi connectivity index (χ3v) is 6.82. The third kappa shape index (κ3) is 3.01. The Bertz CT molecular complexity index is 2030. The Morgan fingerprint density at radius 2 is 1.17 bits per heavy atom. The summed E-state index contributed by atoms with van der Waals surface area (Å²) in [5.74, 6) is 0. The van der Waals surface area contributed by atoms with Gasteiger partial charge in [-0.3, -0.25) is 9.36 Å². The molecule has 0 aliphatic rings. The Labute approximate surface area is 205 Å². The summed E-state index contributed by atoms with van der Waals surface area (Å²) in [6, 6.07) is 37.4. The first-order chi connectivity index (χ1) is 17.7. The van der Waals surface area contributed by atoms with E-state index in [1.807, 2.05) is 48.5 Å². The van der Waals surface area contributed by atoms with Gasteiger partial charge in [0.05, 0.1) is 16.3 Å². The highest BCUT2D eigenvalue weighted by Gasteiger charge is 2.19. The van der Waals surface area contributed by atoms with Crippen LogP contribution in [0.4, 0.5) is 0 Å². The number of nitrogens with zero attached hydrogens (tertiary/aromatic N) is 1. The van der Waals surface area contributed by atoms with E-state index in [0.717, 1.165) is 33.3 Å². The number of aromatic nitrogens is 1. The van der Waals surface area contributed by atoms with Gasteiger partial charge in [-0.05, 0) is 64.7 Å². The molecule has 36 heavy (non-hydrogen) atoms. The second-order valence-electron chi connectivity index (χ2n) is 8.91. The molecule has 4 nitrogen and oxygen atoms in total. The van der Waals surface area contributed by atoms with Gasteiger partial charge in [0.2, 0.25) is 0 Å². The molecule has 4 heteroatoms. The lowest BCUT2D eigenvalue weighted by atomic mass is 9.98. The van der Waals surface area contributed by atoms with Gasteiger partial charge in [-0.25, -0.2) is 4.79 Å². The molecule has 0 atom stereocenters. The van der Waals surface area contributed by atoms with E-state index in [1.54, 1.807) is 28.8 Å². The highest BCUT2D eigenvalue weighted by Crippen LogP contribution is 2.33. The van der Waals surface area contributed by atoms with Crippen LogP contribution < -0.4 is 11.2 Å². The lowest BCUT2D eigenvalue weighted by Gasteiger charge is -2.16. The summed E-state index contributed by atoms with van der Waals surface area (Å²) in [7, 11) is 0. The van der Waals surface area contributed by atoms with Gasteiger partial charge in [-0.1, -0.05) is 72.8 Å². The fraction of sp³-hybridized carbons (Fsp3) is 0. The second kappa shape index (κ2) is 7.79. The molecule has 7 aromatic rings. The van der Waals surface area contributed by atoms with Gasteiger partial charge in [-0.15, -0.1) is 0 Å². The van der Waals surface area contributed by atoms with Crippen molar-refractivity contribution in [3.8, 4) is 27.9 Å². The number of hydrogen-bond acceptors (Lipinski definition) is 3. The Morgan fingerprint density at radius 1 is 0.528 bits per heavy atom. The van der Waals surface area contributed by atoms with E-state index >= 15 is 0 Å². The Hall–Kier alpha value is -4.96. The average molecular weight is 466 g/mol. The summed E-state index contributed by atoms with van der Waals surface area (Å²) in [5, 5.41) is 2.36. The summed E-state index contributed by atoms with van der Waals surface area (Å²) >= 11 is 0. The van der Waals surface area contributed by atoms with Crippen molar-refractivity contribution < 1.29 is 4.42 Å².